The molecule has 0 N–H and O–H groups in total. The number of halogens is 3. The minimum Gasteiger partial charge on any atom is -0.437 e. The zero-order valence-corrected chi connectivity index (χ0v) is 11.8. The Morgan fingerprint density at radius 3 is 2.44 bits per heavy atom. The lowest BCUT2D eigenvalue weighted by atomic mass is 10.2. The van der Waals surface area contributed by atoms with E-state index in [1.54, 1.807) is 0 Å². The third-order valence-corrected chi connectivity index (χ3v) is 4.75. The lowest BCUT2D eigenvalue weighted by Gasteiger charge is -2.07. The predicted molar refractivity (Wildman–Crippen MR) is 68.9 cm³/mol. The molecule has 0 saturated heterocycles. The highest BCUT2D eigenvalue weighted by atomic mass is 35.5. The Morgan fingerprint density at radius 2 is 1.83 bits per heavy atom. The summed E-state index contributed by atoms with van der Waals surface area (Å²) in [7, 11) is -3.74. The first kappa shape index (κ1) is 13.7. The van der Waals surface area contributed by atoms with E-state index in [-0.39, 0.29) is 25.9 Å². The number of benzene rings is 1. The van der Waals surface area contributed by atoms with Gasteiger partial charge in [0.1, 0.15) is 6.26 Å². The molecule has 1 aromatic carbocycles. The van der Waals surface area contributed by atoms with Crippen LogP contribution in [0, 0.1) is 0 Å². The predicted octanol–water partition coefficient (Wildman–Crippen LogP) is 3.61. The summed E-state index contributed by atoms with van der Waals surface area (Å²) in [5.41, 5.74) is 0.226. The van der Waals surface area contributed by atoms with Gasteiger partial charge in [-0.1, -0.05) is 34.8 Å². The molecule has 0 aliphatic carbocycles. The molecule has 0 atom stereocenters. The smallest absolute Gasteiger partial charge is 0.315 e. The van der Waals surface area contributed by atoms with Crippen molar-refractivity contribution in [3.05, 3.63) is 45.2 Å². The van der Waals surface area contributed by atoms with Crippen LogP contribution in [-0.4, -0.2) is 13.4 Å². The molecule has 8 heteroatoms. The maximum atomic E-state index is 12.0. The molecule has 2 rings (SSSR count). The van der Waals surface area contributed by atoms with Crippen LogP contribution in [0.25, 0.3) is 0 Å². The molecule has 0 spiro atoms. The summed E-state index contributed by atoms with van der Waals surface area (Å²) < 4.78 is 28.7. The maximum absolute atomic E-state index is 12.0. The fourth-order valence-corrected chi connectivity index (χ4v) is 3.38. The average Bonchev–Trinajstić information content (AvgIpc) is 2.84. The van der Waals surface area contributed by atoms with E-state index in [0.717, 1.165) is 0 Å². The van der Waals surface area contributed by atoms with Crippen LogP contribution in [0.3, 0.4) is 0 Å². The van der Waals surface area contributed by atoms with E-state index in [4.69, 9.17) is 39.2 Å². The van der Waals surface area contributed by atoms with Crippen LogP contribution in [-0.2, 0) is 15.6 Å². The molecule has 0 fully saturated rings. The Bertz CT molecular complexity index is 668. The first-order valence-corrected chi connectivity index (χ1v) is 7.45. The SMILES string of the molecule is O=S(=O)(Cc1c(Cl)ccc(Cl)c1Cl)c1ncco1. The van der Waals surface area contributed by atoms with Gasteiger partial charge in [-0.15, -0.1) is 0 Å². The largest absolute Gasteiger partial charge is 0.437 e. The summed E-state index contributed by atoms with van der Waals surface area (Å²) in [6, 6.07) is 2.98. The first-order chi connectivity index (χ1) is 8.42. The number of hydrogen-bond acceptors (Lipinski definition) is 4. The lowest BCUT2D eigenvalue weighted by Crippen LogP contribution is -2.06. The Hall–Kier alpha value is -0.750. The Labute approximate surface area is 118 Å². The molecule has 18 heavy (non-hydrogen) atoms. The lowest BCUT2D eigenvalue weighted by molar-refractivity contribution is 0.429. The fourth-order valence-electron chi connectivity index (χ4n) is 1.32. The van der Waals surface area contributed by atoms with Crippen LogP contribution in [0.4, 0.5) is 0 Å². The normalized spacial score (nSPS) is 11.7. The topological polar surface area (TPSA) is 60.2 Å². The van der Waals surface area contributed by atoms with Gasteiger partial charge in [0.25, 0.3) is 0 Å². The number of rotatable bonds is 3. The van der Waals surface area contributed by atoms with Crippen LogP contribution in [0.2, 0.25) is 15.1 Å². The van der Waals surface area contributed by atoms with Gasteiger partial charge in [0.2, 0.25) is 9.84 Å². The van der Waals surface area contributed by atoms with Crippen molar-refractivity contribution < 1.29 is 12.8 Å². The van der Waals surface area contributed by atoms with Crippen LogP contribution in [0.15, 0.2) is 34.2 Å². The number of oxazole rings is 1. The van der Waals surface area contributed by atoms with Crippen LogP contribution < -0.4 is 0 Å². The Morgan fingerprint density at radius 1 is 1.17 bits per heavy atom. The molecule has 0 amide bonds. The molecule has 0 saturated carbocycles. The summed E-state index contributed by atoms with van der Waals surface area (Å²) in [6.45, 7) is 0. The van der Waals surface area contributed by atoms with E-state index in [0.29, 0.717) is 0 Å². The monoisotopic (exact) mass is 325 g/mol. The van der Waals surface area contributed by atoms with E-state index >= 15 is 0 Å². The summed E-state index contributed by atoms with van der Waals surface area (Å²) >= 11 is 17.7. The van der Waals surface area contributed by atoms with Crippen molar-refractivity contribution in [2.45, 2.75) is 11.0 Å². The summed E-state index contributed by atoms with van der Waals surface area (Å²) in [6.07, 6.45) is 2.42. The minimum absolute atomic E-state index is 0.110. The highest BCUT2D eigenvalue weighted by Gasteiger charge is 2.24. The van der Waals surface area contributed by atoms with E-state index in [1.807, 2.05) is 0 Å². The fraction of sp³-hybridized carbons (Fsp3) is 0.100. The molecule has 0 aliphatic heterocycles. The molecule has 1 aromatic heterocycles. The number of sulfone groups is 1. The van der Waals surface area contributed by atoms with Crippen molar-refractivity contribution in [3.63, 3.8) is 0 Å². The number of aromatic nitrogens is 1. The van der Waals surface area contributed by atoms with E-state index in [9.17, 15) is 8.42 Å². The van der Waals surface area contributed by atoms with Crippen LogP contribution >= 0.6 is 34.8 Å². The number of hydrogen-bond donors (Lipinski definition) is 0. The molecule has 2 aromatic rings. The maximum Gasteiger partial charge on any atom is 0.315 e. The standard InChI is InChI=1S/C10H6Cl3NO3S/c11-7-1-2-8(12)9(13)6(7)5-18(15,16)10-14-3-4-17-10/h1-4H,5H2. The molecular weight excluding hydrogens is 321 g/mol. The molecule has 4 nitrogen and oxygen atoms in total. The van der Waals surface area contributed by atoms with Crippen molar-refractivity contribution in [1.82, 2.24) is 4.98 Å². The highest BCUT2D eigenvalue weighted by molar-refractivity contribution is 7.90. The molecule has 0 unspecified atom stereocenters. The molecule has 0 aliphatic rings. The minimum atomic E-state index is -3.74. The van der Waals surface area contributed by atoms with Gasteiger partial charge in [0.15, 0.2) is 0 Å². The Balaban J connectivity index is 2.45. The van der Waals surface area contributed by atoms with Crippen molar-refractivity contribution in [2.24, 2.45) is 0 Å². The highest BCUT2D eigenvalue weighted by Crippen LogP contribution is 2.33. The zero-order chi connectivity index (χ0) is 13.3. The molecule has 0 bridgehead atoms. The van der Waals surface area contributed by atoms with Crippen LogP contribution in [0.1, 0.15) is 5.56 Å². The van der Waals surface area contributed by atoms with Gasteiger partial charge in [-0.2, -0.15) is 0 Å². The van der Waals surface area contributed by atoms with Crippen molar-refractivity contribution in [2.75, 3.05) is 0 Å². The summed E-state index contributed by atoms with van der Waals surface area (Å²) in [4.78, 5) is 3.59. The Kier molecular flexibility index (Phi) is 3.87. The summed E-state index contributed by atoms with van der Waals surface area (Å²) in [5, 5.41) is 0.187. The molecule has 96 valence electrons. The van der Waals surface area contributed by atoms with Gasteiger partial charge < -0.3 is 4.42 Å². The molecule has 1 heterocycles. The van der Waals surface area contributed by atoms with Crippen molar-refractivity contribution in [1.29, 1.82) is 0 Å². The second-order valence-corrected chi connectivity index (χ2v) is 6.44. The van der Waals surface area contributed by atoms with Crippen molar-refractivity contribution >= 4 is 44.6 Å². The third kappa shape index (κ3) is 2.64. The second kappa shape index (κ2) is 5.09. The van der Waals surface area contributed by atoms with Crippen molar-refractivity contribution in [3.8, 4) is 0 Å². The van der Waals surface area contributed by atoms with Gasteiger partial charge in [-0.05, 0) is 12.1 Å². The first-order valence-electron chi connectivity index (χ1n) is 4.66. The van der Waals surface area contributed by atoms with E-state index in [1.165, 1.54) is 24.6 Å². The van der Waals surface area contributed by atoms with E-state index < -0.39 is 15.6 Å². The summed E-state index contributed by atoms with van der Waals surface area (Å²) in [5.74, 6) is -0.425. The zero-order valence-electron chi connectivity index (χ0n) is 8.73. The molecule has 0 radical (unpaired) electrons. The quantitative estimate of drug-likeness (QED) is 0.808. The van der Waals surface area contributed by atoms with Gasteiger partial charge >= 0.3 is 5.22 Å². The van der Waals surface area contributed by atoms with Gasteiger partial charge in [0, 0.05) is 10.6 Å². The van der Waals surface area contributed by atoms with Gasteiger partial charge in [0.05, 0.1) is 22.0 Å². The van der Waals surface area contributed by atoms with Gasteiger partial charge in [-0.25, -0.2) is 13.4 Å². The molecular formula is C10H6Cl3NO3S. The van der Waals surface area contributed by atoms with E-state index in [2.05, 4.69) is 4.98 Å². The van der Waals surface area contributed by atoms with Crippen LogP contribution in [0.5, 0.6) is 0 Å². The third-order valence-electron chi connectivity index (χ3n) is 2.15. The second-order valence-electron chi connectivity index (χ2n) is 3.38. The average molecular weight is 327 g/mol. The van der Waals surface area contributed by atoms with Gasteiger partial charge in [-0.3, -0.25) is 0 Å². The number of nitrogens with zero attached hydrogens (tertiary/aromatic N) is 1.